The maximum Gasteiger partial charge on any atom is 0.0332 e. The quantitative estimate of drug-likeness (QED) is 0.383. The molecule has 112 valence electrons. The second-order valence-corrected chi connectivity index (χ2v) is 7.58. The Balaban J connectivity index is 2.06. The number of hydrogen-bond acceptors (Lipinski definition) is 1. The number of benzene rings is 2. The molecule has 0 radical (unpaired) electrons. The summed E-state index contributed by atoms with van der Waals surface area (Å²) in [5, 5.41) is 0. The average molecular weight is 404 g/mol. The van der Waals surface area contributed by atoms with Gasteiger partial charge < -0.3 is 0 Å². The first-order valence-corrected chi connectivity index (χ1v) is 9.61. The number of rotatable bonds is 7. The molecule has 0 bridgehead atoms. The lowest BCUT2D eigenvalue weighted by Crippen LogP contribution is -2.31. The first-order chi connectivity index (χ1) is 10.2. The van der Waals surface area contributed by atoms with Gasteiger partial charge in [0, 0.05) is 26.5 Å². The lowest BCUT2D eigenvalue weighted by Gasteiger charge is -2.30. The van der Waals surface area contributed by atoms with Gasteiger partial charge in [0.25, 0.3) is 0 Å². The number of hydrogen-bond donors (Lipinski definition) is 0. The summed E-state index contributed by atoms with van der Waals surface area (Å²) in [7, 11) is 0. The molecule has 4 heteroatoms. The molecule has 0 amide bonds. The predicted octanol–water partition coefficient (Wildman–Crippen LogP) is 6.35. The molecule has 0 aliphatic heterocycles. The van der Waals surface area contributed by atoms with Crippen molar-refractivity contribution in [3.8, 4) is 0 Å². The number of halogens is 3. The summed E-state index contributed by atoms with van der Waals surface area (Å²) in [5.74, 6) is 2.07. The van der Waals surface area contributed by atoms with Gasteiger partial charge in [0.15, 0.2) is 0 Å². The first kappa shape index (κ1) is 17.2. The van der Waals surface area contributed by atoms with Crippen molar-refractivity contribution in [3.63, 3.8) is 0 Å². The van der Waals surface area contributed by atoms with Crippen molar-refractivity contribution in [3.05, 3.63) is 64.6 Å². The highest BCUT2D eigenvalue weighted by Crippen LogP contribution is 2.34. The molecular weight excluding hydrogens is 387 g/mol. The Morgan fingerprint density at radius 2 is 1.52 bits per heavy atom. The van der Waals surface area contributed by atoms with Crippen LogP contribution in [-0.4, -0.2) is 17.5 Å². The highest BCUT2D eigenvalue weighted by molar-refractivity contribution is 9.10. The smallest absolute Gasteiger partial charge is 0.0332 e. The van der Waals surface area contributed by atoms with Gasteiger partial charge >= 0.3 is 0 Å². The van der Waals surface area contributed by atoms with E-state index < -0.39 is 0 Å². The van der Waals surface area contributed by atoms with E-state index in [2.05, 4.69) is 52.3 Å². The molecule has 0 atom stereocenters. The Kier molecular flexibility index (Phi) is 6.94. The zero-order valence-corrected chi connectivity index (χ0v) is 15.5. The molecule has 21 heavy (non-hydrogen) atoms. The van der Waals surface area contributed by atoms with Crippen LogP contribution in [0.4, 0.5) is 0 Å². The summed E-state index contributed by atoms with van der Waals surface area (Å²) in [6.45, 7) is 0. The Bertz CT molecular complexity index is 538. The van der Waals surface area contributed by atoms with Crippen molar-refractivity contribution < 1.29 is 0 Å². The molecule has 2 aromatic rings. The van der Waals surface area contributed by atoms with E-state index in [4.69, 9.17) is 23.2 Å². The topological polar surface area (TPSA) is 0 Å². The van der Waals surface area contributed by atoms with Crippen LogP contribution in [-0.2, 0) is 5.41 Å². The second kappa shape index (κ2) is 8.47. The Labute approximate surface area is 149 Å². The maximum atomic E-state index is 6.28. The van der Waals surface area contributed by atoms with Crippen LogP contribution in [0.2, 0.25) is 0 Å². The van der Waals surface area contributed by atoms with E-state index in [1.54, 1.807) is 0 Å². The summed E-state index contributed by atoms with van der Waals surface area (Å²) >= 11 is 17.9. The molecule has 0 saturated heterocycles. The third-order valence-corrected chi connectivity index (χ3v) is 6.13. The second-order valence-electron chi connectivity index (χ2n) is 4.97. The number of alkyl halides is 2. The summed E-state index contributed by atoms with van der Waals surface area (Å²) in [6, 6.07) is 18.8. The van der Waals surface area contributed by atoms with Crippen molar-refractivity contribution in [2.24, 2.45) is 0 Å². The molecule has 0 spiro atoms. The van der Waals surface area contributed by atoms with Gasteiger partial charge in [-0.1, -0.05) is 46.3 Å². The van der Waals surface area contributed by atoms with E-state index in [1.165, 1.54) is 10.5 Å². The van der Waals surface area contributed by atoms with E-state index in [9.17, 15) is 0 Å². The largest absolute Gasteiger partial charge is 0.126 e. The Morgan fingerprint density at radius 1 is 0.905 bits per heavy atom. The van der Waals surface area contributed by atoms with Crippen LogP contribution in [0.25, 0.3) is 0 Å². The number of thioether (sulfide) groups is 1. The summed E-state index contributed by atoms with van der Waals surface area (Å²) < 4.78 is 1.07. The minimum absolute atomic E-state index is 0.161. The van der Waals surface area contributed by atoms with Crippen LogP contribution >= 0.6 is 50.9 Å². The Hall–Kier alpha value is -0.150. The van der Waals surface area contributed by atoms with Gasteiger partial charge in [-0.3, -0.25) is 0 Å². The van der Waals surface area contributed by atoms with E-state index in [0.29, 0.717) is 11.8 Å². The van der Waals surface area contributed by atoms with E-state index >= 15 is 0 Å². The van der Waals surface area contributed by atoms with Gasteiger partial charge in [-0.2, -0.15) is 0 Å². The van der Waals surface area contributed by atoms with Crippen LogP contribution in [0.1, 0.15) is 12.0 Å². The molecule has 0 nitrogen and oxygen atoms in total. The van der Waals surface area contributed by atoms with Crippen molar-refractivity contribution >= 4 is 50.9 Å². The van der Waals surface area contributed by atoms with Gasteiger partial charge in [-0.15, -0.1) is 35.0 Å². The lowest BCUT2D eigenvalue weighted by molar-refractivity contribution is 0.524. The normalized spacial score (nSPS) is 11.6. The molecule has 0 heterocycles. The van der Waals surface area contributed by atoms with Crippen LogP contribution in [0.15, 0.2) is 64.0 Å². The van der Waals surface area contributed by atoms with Crippen LogP contribution in [0, 0.1) is 0 Å². The highest BCUT2D eigenvalue weighted by Gasteiger charge is 2.30. The van der Waals surface area contributed by atoms with Crippen molar-refractivity contribution in [2.45, 2.75) is 16.7 Å². The summed E-state index contributed by atoms with van der Waals surface area (Å²) in [5.41, 5.74) is 1.05. The van der Waals surface area contributed by atoms with E-state index in [-0.39, 0.29) is 5.41 Å². The maximum absolute atomic E-state index is 6.28. The van der Waals surface area contributed by atoms with Crippen LogP contribution < -0.4 is 0 Å². The van der Waals surface area contributed by atoms with Crippen LogP contribution in [0.5, 0.6) is 0 Å². The minimum Gasteiger partial charge on any atom is -0.126 e. The minimum atomic E-state index is -0.161. The van der Waals surface area contributed by atoms with Gasteiger partial charge in [-0.05, 0) is 42.0 Å². The van der Waals surface area contributed by atoms with E-state index in [0.717, 1.165) is 16.6 Å². The molecule has 0 aliphatic rings. The molecule has 0 saturated carbocycles. The summed E-state index contributed by atoms with van der Waals surface area (Å²) in [6.07, 6.45) is 0.960. The summed E-state index contributed by atoms with van der Waals surface area (Å²) in [4.78, 5) is 1.28. The molecular formula is C17H17BrCl2S. The van der Waals surface area contributed by atoms with Crippen molar-refractivity contribution in [2.75, 3.05) is 17.5 Å². The molecule has 2 rings (SSSR count). The third-order valence-electron chi connectivity index (χ3n) is 3.56. The zero-order valence-electron chi connectivity index (χ0n) is 11.6. The van der Waals surface area contributed by atoms with Crippen molar-refractivity contribution in [1.82, 2.24) is 0 Å². The lowest BCUT2D eigenvalue weighted by atomic mass is 9.82. The monoisotopic (exact) mass is 402 g/mol. The molecule has 2 aromatic carbocycles. The predicted molar refractivity (Wildman–Crippen MR) is 99.0 cm³/mol. The zero-order chi connectivity index (χ0) is 15.1. The van der Waals surface area contributed by atoms with Gasteiger partial charge in [-0.25, -0.2) is 0 Å². The first-order valence-electron chi connectivity index (χ1n) is 6.76. The van der Waals surface area contributed by atoms with E-state index in [1.807, 2.05) is 30.0 Å². The standard InChI is InChI=1S/C17H17BrCl2S/c18-15-8-6-14(7-9-15)17(12-19,13-20)10-11-21-16-4-2-1-3-5-16/h1-9H,10-13H2. The van der Waals surface area contributed by atoms with Gasteiger partial charge in [0.1, 0.15) is 0 Å². The average Bonchev–Trinajstić information content (AvgIpc) is 2.54. The molecule has 0 aliphatic carbocycles. The molecule has 0 unspecified atom stereocenters. The molecule has 0 N–H and O–H groups in total. The Morgan fingerprint density at radius 3 is 2.10 bits per heavy atom. The van der Waals surface area contributed by atoms with Gasteiger partial charge in [0.2, 0.25) is 0 Å². The van der Waals surface area contributed by atoms with Crippen molar-refractivity contribution in [1.29, 1.82) is 0 Å². The van der Waals surface area contributed by atoms with Crippen LogP contribution in [0.3, 0.4) is 0 Å². The third kappa shape index (κ3) is 4.66. The fourth-order valence-electron chi connectivity index (χ4n) is 2.15. The SMILES string of the molecule is ClCC(CCl)(CCSc1ccccc1)c1ccc(Br)cc1. The fraction of sp³-hybridized carbons (Fsp3) is 0.294. The van der Waals surface area contributed by atoms with Gasteiger partial charge in [0.05, 0.1) is 0 Å². The highest BCUT2D eigenvalue weighted by atomic mass is 79.9. The fourth-order valence-corrected chi connectivity index (χ4v) is 4.36. The molecule has 0 fully saturated rings. The molecule has 0 aromatic heterocycles.